The van der Waals surface area contributed by atoms with Gasteiger partial charge in [0.2, 0.25) is 5.91 Å². The van der Waals surface area contributed by atoms with Gasteiger partial charge in [-0.2, -0.15) is 0 Å². The standard InChI is InChI=1S/C18H22N4O6/c23-16(12-19-17(24)13-3-1-4-14(11-13)22(26)27)20-6-8-21(9-7-20)18(25)15-5-2-10-28-15/h1,3-4,11,15H,2,5-10,12H2,(H,19,24). The Morgan fingerprint density at radius 1 is 1.18 bits per heavy atom. The lowest BCUT2D eigenvalue weighted by molar-refractivity contribution is -0.384. The van der Waals surface area contributed by atoms with E-state index in [9.17, 15) is 24.5 Å². The Morgan fingerprint density at radius 2 is 1.89 bits per heavy atom. The molecule has 3 rings (SSSR count). The number of nitrogens with one attached hydrogen (secondary N) is 1. The molecule has 0 saturated carbocycles. The predicted octanol–water partition coefficient (Wildman–Crippen LogP) is 0.174. The van der Waals surface area contributed by atoms with Crippen molar-refractivity contribution in [2.24, 2.45) is 0 Å². The molecule has 3 amide bonds. The van der Waals surface area contributed by atoms with Crippen LogP contribution in [0.2, 0.25) is 0 Å². The first-order valence-corrected chi connectivity index (χ1v) is 9.16. The summed E-state index contributed by atoms with van der Waals surface area (Å²) < 4.78 is 5.41. The van der Waals surface area contributed by atoms with E-state index in [4.69, 9.17) is 4.74 Å². The molecule has 1 unspecified atom stereocenters. The Hall–Kier alpha value is -3.01. The lowest BCUT2D eigenvalue weighted by Crippen LogP contribution is -2.54. The molecule has 1 aromatic carbocycles. The van der Waals surface area contributed by atoms with E-state index in [1.165, 1.54) is 18.2 Å². The normalized spacial score (nSPS) is 19.4. The van der Waals surface area contributed by atoms with Gasteiger partial charge in [0.25, 0.3) is 17.5 Å². The molecule has 2 aliphatic heterocycles. The fraction of sp³-hybridized carbons (Fsp3) is 0.500. The Labute approximate surface area is 161 Å². The van der Waals surface area contributed by atoms with Gasteiger partial charge in [0, 0.05) is 50.5 Å². The van der Waals surface area contributed by atoms with Crippen LogP contribution < -0.4 is 5.32 Å². The van der Waals surface area contributed by atoms with Crippen LogP contribution in [0.3, 0.4) is 0 Å². The number of carbonyl (C=O) groups is 3. The van der Waals surface area contributed by atoms with Crippen molar-refractivity contribution in [3.63, 3.8) is 0 Å². The number of non-ortho nitro benzene ring substituents is 1. The number of benzene rings is 1. The molecule has 1 atom stereocenters. The Balaban J connectivity index is 1.45. The van der Waals surface area contributed by atoms with Crippen molar-refractivity contribution in [1.82, 2.24) is 15.1 Å². The van der Waals surface area contributed by atoms with Crippen molar-refractivity contribution < 1.29 is 24.0 Å². The molecule has 150 valence electrons. The maximum absolute atomic E-state index is 12.3. The van der Waals surface area contributed by atoms with Crippen molar-refractivity contribution in [1.29, 1.82) is 0 Å². The fourth-order valence-electron chi connectivity index (χ4n) is 3.28. The van der Waals surface area contributed by atoms with E-state index in [1.807, 2.05) is 0 Å². The van der Waals surface area contributed by atoms with Gasteiger partial charge in [-0.05, 0) is 18.9 Å². The molecular weight excluding hydrogens is 368 g/mol. The number of hydrogen-bond donors (Lipinski definition) is 1. The van der Waals surface area contributed by atoms with Gasteiger partial charge in [0.05, 0.1) is 11.5 Å². The quantitative estimate of drug-likeness (QED) is 0.565. The SMILES string of the molecule is O=C(NCC(=O)N1CCN(C(=O)C2CCCO2)CC1)c1cccc([N+](=O)[O-])c1. The van der Waals surface area contributed by atoms with Gasteiger partial charge in [-0.1, -0.05) is 6.07 Å². The van der Waals surface area contributed by atoms with E-state index in [0.717, 1.165) is 18.9 Å². The van der Waals surface area contributed by atoms with Crippen LogP contribution in [0, 0.1) is 10.1 Å². The molecule has 10 heteroatoms. The van der Waals surface area contributed by atoms with Crippen LogP contribution >= 0.6 is 0 Å². The third-order valence-corrected chi connectivity index (χ3v) is 4.87. The van der Waals surface area contributed by atoms with Gasteiger partial charge >= 0.3 is 0 Å². The Bertz CT molecular complexity index is 769. The summed E-state index contributed by atoms with van der Waals surface area (Å²) in [4.78, 5) is 50.3. The number of piperazine rings is 1. The van der Waals surface area contributed by atoms with Gasteiger partial charge in [0.1, 0.15) is 6.10 Å². The summed E-state index contributed by atoms with van der Waals surface area (Å²) in [5.41, 5.74) is -0.0695. The molecular formula is C18H22N4O6. The smallest absolute Gasteiger partial charge is 0.270 e. The molecule has 2 heterocycles. The topological polar surface area (TPSA) is 122 Å². The maximum atomic E-state index is 12.3. The fourth-order valence-corrected chi connectivity index (χ4v) is 3.28. The first kappa shape index (κ1) is 19.7. The molecule has 0 radical (unpaired) electrons. The zero-order chi connectivity index (χ0) is 20.1. The van der Waals surface area contributed by atoms with Crippen LogP contribution in [0.5, 0.6) is 0 Å². The molecule has 1 N–H and O–H groups in total. The first-order chi connectivity index (χ1) is 13.5. The van der Waals surface area contributed by atoms with Crippen LogP contribution in [0.4, 0.5) is 5.69 Å². The first-order valence-electron chi connectivity index (χ1n) is 9.16. The maximum Gasteiger partial charge on any atom is 0.270 e. The number of rotatable bonds is 5. The molecule has 0 aromatic heterocycles. The van der Waals surface area contributed by atoms with E-state index >= 15 is 0 Å². The van der Waals surface area contributed by atoms with Crippen molar-refractivity contribution in [3.05, 3.63) is 39.9 Å². The van der Waals surface area contributed by atoms with Crippen molar-refractivity contribution in [3.8, 4) is 0 Å². The minimum Gasteiger partial charge on any atom is -0.368 e. The van der Waals surface area contributed by atoms with Gasteiger partial charge in [-0.25, -0.2) is 0 Å². The van der Waals surface area contributed by atoms with E-state index in [1.54, 1.807) is 9.80 Å². The molecule has 0 spiro atoms. The highest BCUT2D eigenvalue weighted by atomic mass is 16.6. The summed E-state index contributed by atoms with van der Waals surface area (Å²) in [7, 11) is 0. The zero-order valence-corrected chi connectivity index (χ0v) is 15.3. The third-order valence-electron chi connectivity index (χ3n) is 4.87. The number of hydrogen-bond acceptors (Lipinski definition) is 6. The van der Waals surface area contributed by atoms with Crippen LogP contribution in [0.25, 0.3) is 0 Å². The molecule has 1 aromatic rings. The van der Waals surface area contributed by atoms with E-state index < -0.39 is 10.8 Å². The summed E-state index contributed by atoms with van der Waals surface area (Å²) in [6.07, 6.45) is 1.26. The summed E-state index contributed by atoms with van der Waals surface area (Å²) >= 11 is 0. The molecule has 2 saturated heterocycles. The highest BCUT2D eigenvalue weighted by molar-refractivity contribution is 5.97. The Morgan fingerprint density at radius 3 is 2.54 bits per heavy atom. The monoisotopic (exact) mass is 390 g/mol. The lowest BCUT2D eigenvalue weighted by Gasteiger charge is -2.35. The van der Waals surface area contributed by atoms with Crippen LogP contribution in [-0.4, -0.2) is 77.9 Å². The van der Waals surface area contributed by atoms with Crippen molar-refractivity contribution >= 4 is 23.4 Å². The summed E-state index contributed by atoms with van der Waals surface area (Å²) in [5.74, 6) is -0.837. The summed E-state index contributed by atoms with van der Waals surface area (Å²) in [5, 5.41) is 13.3. The number of amides is 3. The average molecular weight is 390 g/mol. The third kappa shape index (κ3) is 4.63. The highest BCUT2D eigenvalue weighted by Crippen LogP contribution is 2.16. The predicted molar refractivity (Wildman–Crippen MR) is 97.6 cm³/mol. The highest BCUT2D eigenvalue weighted by Gasteiger charge is 2.31. The number of carbonyl (C=O) groups excluding carboxylic acids is 3. The van der Waals surface area contributed by atoms with E-state index in [2.05, 4.69) is 5.32 Å². The summed E-state index contributed by atoms with van der Waals surface area (Å²) in [6.45, 7) is 2.06. The number of ether oxygens (including phenoxy) is 1. The van der Waals surface area contributed by atoms with Gasteiger partial charge in [0.15, 0.2) is 0 Å². The molecule has 10 nitrogen and oxygen atoms in total. The van der Waals surface area contributed by atoms with Crippen molar-refractivity contribution in [2.75, 3.05) is 39.3 Å². The second-order valence-corrected chi connectivity index (χ2v) is 6.70. The van der Waals surface area contributed by atoms with Crippen LogP contribution in [-0.2, 0) is 14.3 Å². The van der Waals surface area contributed by atoms with Gasteiger partial charge in [-0.15, -0.1) is 0 Å². The summed E-state index contributed by atoms with van der Waals surface area (Å²) in [6, 6.07) is 5.32. The lowest BCUT2D eigenvalue weighted by atomic mass is 10.2. The molecule has 2 aliphatic rings. The van der Waals surface area contributed by atoms with Crippen molar-refractivity contribution in [2.45, 2.75) is 18.9 Å². The van der Waals surface area contributed by atoms with Gasteiger partial charge in [-0.3, -0.25) is 24.5 Å². The minimum atomic E-state index is -0.584. The number of nitrogens with zero attached hydrogens (tertiary/aromatic N) is 3. The number of nitro groups is 1. The Kier molecular flexibility index (Phi) is 6.19. The molecule has 0 aliphatic carbocycles. The minimum absolute atomic E-state index is 0.0245. The molecule has 28 heavy (non-hydrogen) atoms. The van der Waals surface area contributed by atoms with Gasteiger partial charge < -0.3 is 19.9 Å². The van der Waals surface area contributed by atoms with Crippen LogP contribution in [0.1, 0.15) is 23.2 Å². The van der Waals surface area contributed by atoms with E-state index in [-0.39, 0.29) is 35.7 Å². The van der Waals surface area contributed by atoms with E-state index in [0.29, 0.717) is 32.8 Å². The number of nitro benzene ring substituents is 1. The zero-order valence-electron chi connectivity index (χ0n) is 15.3. The van der Waals surface area contributed by atoms with Crippen LogP contribution in [0.15, 0.2) is 24.3 Å². The second kappa shape index (κ2) is 8.79. The molecule has 0 bridgehead atoms. The average Bonchev–Trinajstić information content (AvgIpc) is 3.26. The largest absolute Gasteiger partial charge is 0.368 e. The molecule has 2 fully saturated rings. The second-order valence-electron chi connectivity index (χ2n) is 6.70.